The minimum atomic E-state index is -1.29. The SMILES string of the molecule is CC1=CC(=O)CC(C)(C)[C@]1(O)/C=C/C(C)=C\C(=O)N[C@@H](C)C(=O)O. The molecule has 1 aliphatic rings. The number of nitrogens with one attached hydrogen (secondary N) is 1. The summed E-state index contributed by atoms with van der Waals surface area (Å²) in [6.07, 6.45) is 6.10. The number of carbonyl (C=O) groups is 3. The molecule has 0 aromatic heterocycles. The first-order valence-electron chi connectivity index (χ1n) is 7.74. The van der Waals surface area contributed by atoms with Crippen LogP contribution in [0.4, 0.5) is 0 Å². The van der Waals surface area contributed by atoms with Gasteiger partial charge in [0.25, 0.3) is 0 Å². The molecule has 1 amide bonds. The summed E-state index contributed by atoms with van der Waals surface area (Å²) in [4.78, 5) is 34.1. The maximum atomic E-state index is 11.7. The molecule has 1 aliphatic carbocycles. The van der Waals surface area contributed by atoms with E-state index in [2.05, 4.69) is 5.32 Å². The molecule has 0 heterocycles. The van der Waals surface area contributed by atoms with Gasteiger partial charge in [0.15, 0.2) is 5.78 Å². The third kappa shape index (κ3) is 4.41. The summed E-state index contributed by atoms with van der Waals surface area (Å²) < 4.78 is 0. The van der Waals surface area contributed by atoms with E-state index in [1.165, 1.54) is 19.1 Å². The van der Waals surface area contributed by atoms with Crippen molar-refractivity contribution in [3.63, 3.8) is 0 Å². The molecule has 1 rings (SSSR count). The van der Waals surface area contributed by atoms with E-state index in [0.717, 1.165) is 0 Å². The lowest BCUT2D eigenvalue weighted by Crippen LogP contribution is -2.48. The van der Waals surface area contributed by atoms with Crippen molar-refractivity contribution in [2.24, 2.45) is 5.41 Å². The molecule has 3 N–H and O–H groups in total. The molecule has 0 unspecified atom stereocenters. The molecule has 0 aromatic carbocycles. The van der Waals surface area contributed by atoms with Gasteiger partial charge in [0.05, 0.1) is 0 Å². The Hall–Kier alpha value is -2.21. The van der Waals surface area contributed by atoms with Crippen LogP contribution in [0.3, 0.4) is 0 Å². The normalized spacial score (nSPS) is 25.3. The van der Waals surface area contributed by atoms with Gasteiger partial charge in [-0.1, -0.05) is 19.9 Å². The second-order valence-electron chi connectivity index (χ2n) is 6.91. The molecule has 0 aliphatic heterocycles. The van der Waals surface area contributed by atoms with Gasteiger partial charge in [-0.3, -0.25) is 14.4 Å². The van der Waals surface area contributed by atoms with E-state index in [-0.39, 0.29) is 12.2 Å². The van der Waals surface area contributed by atoms with Gasteiger partial charge < -0.3 is 15.5 Å². The van der Waals surface area contributed by atoms with E-state index in [0.29, 0.717) is 11.1 Å². The Morgan fingerprint density at radius 2 is 1.96 bits per heavy atom. The molecule has 0 fully saturated rings. The van der Waals surface area contributed by atoms with Crippen LogP contribution in [-0.2, 0) is 14.4 Å². The highest BCUT2D eigenvalue weighted by molar-refractivity contribution is 5.93. The van der Waals surface area contributed by atoms with Gasteiger partial charge in [-0.05, 0) is 44.1 Å². The zero-order valence-corrected chi connectivity index (χ0v) is 14.7. The van der Waals surface area contributed by atoms with Gasteiger partial charge in [0.1, 0.15) is 11.6 Å². The lowest BCUT2D eigenvalue weighted by Gasteiger charge is -2.44. The fraction of sp³-hybridized carbons (Fsp3) is 0.500. The fourth-order valence-electron chi connectivity index (χ4n) is 2.69. The fourth-order valence-corrected chi connectivity index (χ4v) is 2.69. The molecule has 0 aromatic rings. The van der Waals surface area contributed by atoms with E-state index < -0.39 is 28.9 Å². The average Bonchev–Trinajstić information content (AvgIpc) is 2.41. The quantitative estimate of drug-likeness (QED) is 0.524. The van der Waals surface area contributed by atoms with Crippen molar-refractivity contribution in [3.05, 3.63) is 35.5 Å². The molecule has 6 heteroatoms. The lowest BCUT2D eigenvalue weighted by molar-refractivity contribution is -0.140. The highest BCUT2D eigenvalue weighted by atomic mass is 16.4. The van der Waals surface area contributed by atoms with Crippen LogP contribution in [0.2, 0.25) is 0 Å². The number of allylic oxidation sites excluding steroid dienone is 3. The largest absolute Gasteiger partial charge is 0.480 e. The minimum absolute atomic E-state index is 0.0233. The summed E-state index contributed by atoms with van der Waals surface area (Å²) in [6, 6.07) is -0.983. The van der Waals surface area contributed by atoms with Crippen LogP contribution in [0.1, 0.15) is 41.0 Å². The molecule has 0 bridgehead atoms. The minimum Gasteiger partial charge on any atom is -0.480 e. The van der Waals surface area contributed by atoms with Crippen LogP contribution >= 0.6 is 0 Å². The second kappa shape index (κ2) is 7.13. The summed E-state index contributed by atoms with van der Waals surface area (Å²) in [7, 11) is 0. The van der Waals surface area contributed by atoms with Crippen LogP contribution in [0.15, 0.2) is 35.5 Å². The van der Waals surface area contributed by atoms with E-state index >= 15 is 0 Å². The van der Waals surface area contributed by atoms with Crippen molar-refractivity contribution >= 4 is 17.7 Å². The molecule has 24 heavy (non-hydrogen) atoms. The zero-order chi connectivity index (χ0) is 18.7. The number of aliphatic carboxylic acids is 1. The van der Waals surface area contributed by atoms with Gasteiger partial charge in [0, 0.05) is 17.9 Å². The Morgan fingerprint density at radius 1 is 1.38 bits per heavy atom. The van der Waals surface area contributed by atoms with Gasteiger partial charge in [0.2, 0.25) is 5.91 Å². The van der Waals surface area contributed by atoms with Crippen molar-refractivity contribution in [1.29, 1.82) is 0 Å². The Balaban J connectivity index is 2.96. The first kappa shape index (κ1) is 19.8. The molecule has 132 valence electrons. The second-order valence-corrected chi connectivity index (χ2v) is 6.91. The average molecular weight is 335 g/mol. The number of hydrogen-bond acceptors (Lipinski definition) is 4. The Kier molecular flexibility index (Phi) is 5.89. The molecule has 0 saturated carbocycles. The number of ketones is 1. The topological polar surface area (TPSA) is 104 Å². The highest BCUT2D eigenvalue weighted by Gasteiger charge is 2.46. The molecule has 0 saturated heterocycles. The third-order valence-corrected chi connectivity index (χ3v) is 4.30. The van der Waals surface area contributed by atoms with Crippen LogP contribution in [0, 0.1) is 5.41 Å². The van der Waals surface area contributed by atoms with Crippen LogP contribution in [0.25, 0.3) is 0 Å². The van der Waals surface area contributed by atoms with E-state index in [4.69, 9.17) is 5.11 Å². The summed E-state index contributed by atoms with van der Waals surface area (Å²) in [5.41, 5.74) is -0.851. The predicted octanol–water partition coefficient (Wildman–Crippen LogP) is 1.75. The first-order chi connectivity index (χ1) is 10.9. The van der Waals surface area contributed by atoms with Crippen molar-refractivity contribution in [2.45, 2.75) is 52.7 Å². The number of aliphatic hydroxyl groups is 1. The Labute approximate surface area is 141 Å². The van der Waals surface area contributed by atoms with Crippen LogP contribution in [-0.4, -0.2) is 39.5 Å². The van der Waals surface area contributed by atoms with Crippen LogP contribution in [0.5, 0.6) is 0 Å². The first-order valence-corrected chi connectivity index (χ1v) is 7.74. The standard InChI is InChI=1S/C18H25NO5/c1-11(8-15(21)19-13(3)16(22)23)6-7-18(24)12(2)9-14(20)10-17(18,4)5/h6-9,13,24H,10H2,1-5H3,(H,19,21)(H,22,23)/b7-6+,11-8-/t13-,18-/m0/s1. The molecule has 2 atom stereocenters. The summed E-state index contributed by atoms with van der Waals surface area (Å²) in [5, 5.41) is 22.1. The lowest BCUT2D eigenvalue weighted by atomic mass is 9.64. The van der Waals surface area contributed by atoms with Gasteiger partial charge in [-0.15, -0.1) is 0 Å². The van der Waals surface area contributed by atoms with Gasteiger partial charge in [-0.2, -0.15) is 0 Å². The van der Waals surface area contributed by atoms with Crippen molar-refractivity contribution in [1.82, 2.24) is 5.32 Å². The highest BCUT2D eigenvalue weighted by Crippen LogP contribution is 2.44. The molecule has 6 nitrogen and oxygen atoms in total. The summed E-state index contributed by atoms with van der Waals surface area (Å²) >= 11 is 0. The number of carbonyl (C=O) groups excluding carboxylic acids is 2. The van der Waals surface area contributed by atoms with E-state index in [9.17, 15) is 19.5 Å². The molecule has 0 spiro atoms. The zero-order valence-electron chi connectivity index (χ0n) is 14.7. The molecular formula is C18H25NO5. The Bertz CT molecular complexity index is 642. The monoisotopic (exact) mass is 335 g/mol. The number of hydrogen-bond donors (Lipinski definition) is 3. The maximum Gasteiger partial charge on any atom is 0.325 e. The number of carboxylic acid groups (broad SMARTS) is 1. The van der Waals surface area contributed by atoms with Gasteiger partial charge in [-0.25, -0.2) is 0 Å². The number of rotatable bonds is 5. The number of amides is 1. The smallest absolute Gasteiger partial charge is 0.325 e. The number of carboxylic acids is 1. The van der Waals surface area contributed by atoms with Crippen molar-refractivity contribution in [2.75, 3.05) is 0 Å². The van der Waals surface area contributed by atoms with Crippen LogP contribution < -0.4 is 5.32 Å². The van der Waals surface area contributed by atoms with Crippen molar-refractivity contribution in [3.8, 4) is 0 Å². The van der Waals surface area contributed by atoms with E-state index in [1.807, 2.05) is 13.8 Å². The third-order valence-electron chi connectivity index (χ3n) is 4.30. The maximum absolute atomic E-state index is 11.7. The Morgan fingerprint density at radius 3 is 2.46 bits per heavy atom. The summed E-state index contributed by atoms with van der Waals surface area (Å²) in [6.45, 7) is 8.37. The molecular weight excluding hydrogens is 310 g/mol. The van der Waals surface area contributed by atoms with E-state index in [1.54, 1.807) is 26.0 Å². The van der Waals surface area contributed by atoms with Crippen molar-refractivity contribution < 1.29 is 24.6 Å². The van der Waals surface area contributed by atoms with Gasteiger partial charge >= 0.3 is 5.97 Å². The molecule has 0 radical (unpaired) electrons. The predicted molar refractivity (Wildman–Crippen MR) is 90.2 cm³/mol. The summed E-state index contributed by atoms with van der Waals surface area (Å²) in [5.74, 6) is -1.66.